The SMILES string of the molecule is CC1(O)CCN(C(=O)CCC2CCCCO2)CC1. The Kier molecular flexibility index (Phi) is 4.62. The van der Waals surface area contributed by atoms with Crippen LogP contribution in [0.5, 0.6) is 0 Å². The molecule has 1 unspecified atom stereocenters. The second kappa shape index (κ2) is 6.02. The first-order chi connectivity index (χ1) is 8.57. The van der Waals surface area contributed by atoms with Gasteiger partial charge in [0.1, 0.15) is 0 Å². The van der Waals surface area contributed by atoms with E-state index >= 15 is 0 Å². The predicted octanol–water partition coefficient (Wildman–Crippen LogP) is 1.71. The summed E-state index contributed by atoms with van der Waals surface area (Å²) in [5.41, 5.74) is -0.580. The lowest BCUT2D eigenvalue weighted by Gasteiger charge is -2.36. The van der Waals surface area contributed by atoms with Gasteiger partial charge in [0, 0.05) is 26.1 Å². The van der Waals surface area contributed by atoms with Crippen molar-refractivity contribution in [3.8, 4) is 0 Å². The van der Waals surface area contributed by atoms with E-state index < -0.39 is 5.60 Å². The molecule has 2 fully saturated rings. The van der Waals surface area contributed by atoms with Crippen molar-refractivity contribution < 1.29 is 14.6 Å². The molecule has 2 aliphatic heterocycles. The van der Waals surface area contributed by atoms with E-state index in [4.69, 9.17) is 4.74 Å². The number of carbonyl (C=O) groups excluding carboxylic acids is 1. The van der Waals surface area contributed by atoms with Crippen LogP contribution in [0.4, 0.5) is 0 Å². The molecule has 0 aromatic carbocycles. The average molecular weight is 255 g/mol. The normalized spacial score (nSPS) is 28.1. The molecule has 2 rings (SSSR count). The lowest BCUT2D eigenvalue weighted by molar-refractivity contribution is -0.135. The molecule has 4 heteroatoms. The highest BCUT2D eigenvalue weighted by Gasteiger charge is 2.29. The predicted molar refractivity (Wildman–Crippen MR) is 69.3 cm³/mol. The van der Waals surface area contributed by atoms with Gasteiger partial charge in [-0.2, -0.15) is 0 Å². The van der Waals surface area contributed by atoms with Crippen molar-refractivity contribution >= 4 is 5.91 Å². The molecule has 18 heavy (non-hydrogen) atoms. The van der Waals surface area contributed by atoms with Gasteiger partial charge in [-0.1, -0.05) is 0 Å². The Morgan fingerprint density at radius 3 is 2.72 bits per heavy atom. The number of carbonyl (C=O) groups is 1. The van der Waals surface area contributed by atoms with Crippen LogP contribution >= 0.6 is 0 Å². The lowest BCUT2D eigenvalue weighted by Crippen LogP contribution is -2.45. The van der Waals surface area contributed by atoms with Crippen molar-refractivity contribution in [3.05, 3.63) is 0 Å². The molecular formula is C14H25NO3. The second-order valence-electron chi connectivity index (χ2n) is 5.90. The summed E-state index contributed by atoms with van der Waals surface area (Å²) in [6.07, 6.45) is 6.60. The Bertz CT molecular complexity index is 275. The van der Waals surface area contributed by atoms with Crippen LogP contribution in [0.3, 0.4) is 0 Å². The van der Waals surface area contributed by atoms with Crippen molar-refractivity contribution in [3.63, 3.8) is 0 Å². The fraction of sp³-hybridized carbons (Fsp3) is 0.929. The third-order valence-corrected chi connectivity index (χ3v) is 4.15. The number of piperidine rings is 1. The van der Waals surface area contributed by atoms with Gasteiger partial charge in [0.25, 0.3) is 0 Å². The summed E-state index contributed by atoms with van der Waals surface area (Å²) in [4.78, 5) is 13.9. The lowest BCUT2D eigenvalue weighted by atomic mass is 9.93. The van der Waals surface area contributed by atoms with Crippen LogP contribution < -0.4 is 0 Å². The molecule has 0 spiro atoms. The van der Waals surface area contributed by atoms with Gasteiger partial charge in [-0.3, -0.25) is 4.79 Å². The Balaban J connectivity index is 1.68. The van der Waals surface area contributed by atoms with Gasteiger partial charge in [0.05, 0.1) is 11.7 Å². The van der Waals surface area contributed by atoms with E-state index in [1.807, 2.05) is 11.8 Å². The van der Waals surface area contributed by atoms with Crippen molar-refractivity contribution in [1.29, 1.82) is 0 Å². The van der Waals surface area contributed by atoms with Crippen molar-refractivity contribution in [2.45, 2.75) is 63.6 Å². The fourth-order valence-corrected chi connectivity index (χ4v) is 2.72. The van der Waals surface area contributed by atoms with Gasteiger partial charge in [-0.05, 0) is 45.4 Å². The highest BCUT2D eigenvalue weighted by atomic mass is 16.5. The maximum Gasteiger partial charge on any atom is 0.222 e. The molecule has 4 nitrogen and oxygen atoms in total. The third-order valence-electron chi connectivity index (χ3n) is 4.15. The maximum atomic E-state index is 12.0. The first-order valence-corrected chi connectivity index (χ1v) is 7.19. The van der Waals surface area contributed by atoms with Crippen molar-refractivity contribution in [2.24, 2.45) is 0 Å². The zero-order valence-corrected chi connectivity index (χ0v) is 11.4. The molecule has 2 saturated heterocycles. The van der Waals surface area contributed by atoms with Crippen LogP contribution in [0.15, 0.2) is 0 Å². The van der Waals surface area contributed by atoms with Gasteiger partial charge in [0.2, 0.25) is 5.91 Å². The molecule has 2 aliphatic rings. The molecule has 104 valence electrons. The largest absolute Gasteiger partial charge is 0.390 e. The standard InChI is InChI=1S/C14H25NO3/c1-14(17)7-9-15(10-8-14)13(16)6-5-12-4-2-3-11-18-12/h12,17H,2-11H2,1H3. The zero-order chi connectivity index (χ0) is 13.0. The second-order valence-corrected chi connectivity index (χ2v) is 5.90. The number of ether oxygens (including phenoxy) is 1. The summed E-state index contributed by atoms with van der Waals surface area (Å²) in [6, 6.07) is 0. The summed E-state index contributed by atoms with van der Waals surface area (Å²) in [5.74, 6) is 0.222. The third kappa shape index (κ3) is 3.95. The van der Waals surface area contributed by atoms with Gasteiger partial charge >= 0.3 is 0 Å². The van der Waals surface area contributed by atoms with E-state index in [0.29, 0.717) is 32.4 Å². The number of rotatable bonds is 3. The van der Waals surface area contributed by atoms with E-state index in [2.05, 4.69) is 0 Å². The molecule has 1 N–H and O–H groups in total. The smallest absolute Gasteiger partial charge is 0.222 e. The van der Waals surface area contributed by atoms with Crippen LogP contribution in [-0.2, 0) is 9.53 Å². The molecule has 2 heterocycles. The minimum Gasteiger partial charge on any atom is -0.390 e. The van der Waals surface area contributed by atoms with Gasteiger partial charge in [-0.15, -0.1) is 0 Å². The van der Waals surface area contributed by atoms with Gasteiger partial charge in [0.15, 0.2) is 0 Å². The van der Waals surface area contributed by atoms with E-state index in [9.17, 15) is 9.90 Å². The summed E-state index contributed by atoms with van der Waals surface area (Å²) < 4.78 is 5.64. The fourth-order valence-electron chi connectivity index (χ4n) is 2.72. The van der Waals surface area contributed by atoms with Gasteiger partial charge < -0.3 is 14.7 Å². The molecular weight excluding hydrogens is 230 g/mol. The van der Waals surface area contributed by atoms with E-state index in [-0.39, 0.29) is 12.0 Å². The Hall–Kier alpha value is -0.610. The molecule has 0 saturated carbocycles. The van der Waals surface area contributed by atoms with Crippen LogP contribution in [0.2, 0.25) is 0 Å². The number of likely N-dealkylation sites (tertiary alicyclic amines) is 1. The zero-order valence-electron chi connectivity index (χ0n) is 11.4. The van der Waals surface area contributed by atoms with Crippen LogP contribution in [0, 0.1) is 0 Å². The minimum absolute atomic E-state index is 0.222. The molecule has 0 aliphatic carbocycles. The topological polar surface area (TPSA) is 49.8 Å². The number of aliphatic hydroxyl groups is 1. The number of amides is 1. The van der Waals surface area contributed by atoms with Crippen molar-refractivity contribution in [1.82, 2.24) is 4.90 Å². The van der Waals surface area contributed by atoms with Crippen molar-refractivity contribution in [2.75, 3.05) is 19.7 Å². The van der Waals surface area contributed by atoms with E-state index in [0.717, 1.165) is 25.9 Å². The van der Waals surface area contributed by atoms with Crippen LogP contribution in [0.1, 0.15) is 51.9 Å². The number of hydrogen-bond donors (Lipinski definition) is 1. The Labute approximate surface area is 109 Å². The van der Waals surface area contributed by atoms with Crippen LogP contribution in [0.25, 0.3) is 0 Å². The average Bonchev–Trinajstić information content (AvgIpc) is 2.37. The first-order valence-electron chi connectivity index (χ1n) is 7.19. The van der Waals surface area contributed by atoms with Crippen LogP contribution in [-0.4, -0.2) is 47.3 Å². The molecule has 0 aromatic heterocycles. The van der Waals surface area contributed by atoms with E-state index in [1.165, 1.54) is 6.42 Å². The minimum atomic E-state index is -0.580. The monoisotopic (exact) mass is 255 g/mol. The number of nitrogens with zero attached hydrogens (tertiary/aromatic N) is 1. The summed E-state index contributed by atoms with van der Waals surface area (Å²) in [5, 5.41) is 9.85. The molecule has 0 bridgehead atoms. The Morgan fingerprint density at radius 1 is 1.39 bits per heavy atom. The molecule has 1 atom stereocenters. The van der Waals surface area contributed by atoms with E-state index in [1.54, 1.807) is 0 Å². The Morgan fingerprint density at radius 2 is 2.11 bits per heavy atom. The maximum absolute atomic E-state index is 12.0. The summed E-state index contributed by atoms with van der Waals surface area (Å²) in [6.45, 7) is 4.09. The summed E-state index contributed by atoms with van der Waals surface area (Å²) >= 11 is 0. The molecule has 1 amide bonds. The first kappa shape index (κ1) is 13.8. The highest BCUT2D eigenvalue weighted by Crippen LogP contribution is 2.23. The quantitative estimate of drug-likeness (QED) is 0.835. The molecule has 0 aromatic rings. The number of hydrogen-bond acceptors (Lipinski definition) is 3. The molecule has 0 radical (unpaired) electrons. The summed E-state index contributed by atoms with van der Waals surface area (Å²) in [7, 11) is 0. The van der Waals surface area contributed by atoms with Gasteiger partial charge in [-0.25, -0.2) is 0 Å². The highest BCUT2D eigenvalue weighted by molar-refractivity contribution is 5.76.